The molecule has 0 aromatic heterocycles. The van der Waals surface area contributed by atoms with Crippen molar-refractivity contribution in [2.24, 2.45) is 11.1 Å². The summed E-state index contributed by atoms with van der Waals surface area (Å²) in [6.45, 7) is 1.97. The van der Waals surface area contributed by atoms with Gasteiger partial charge in [-0.05, 0) is 62.6 Å². The number of nitrogens with zero attached hydrogens (tertiary/aromatic N) is 2. The number of ether oxygens (including phenoxy) is 1. The van der Waals surface area contributed by atoms with Crippen LogP contribution in [-0.4, -0.2) is 52.0 Å². The van der Waals surface area contributed by atoms with Gasteiger partial charge in [0, 0.05) is 18.2 Å². The number of phenols is 1. The maximum atomic E-state index is 12.1. The first-order chi connectivity index (χ1) is 12.6. The van der Waals surface area contributed by atoms with Gasteiger partial charge in [-0.3, -0.25) is 4.90 Å². The van der Waals surface area contributed by atoms with Gasteiger partial charge in [0.25, 0.3) is 0 Å². The quantitative estimate of drug-likeness (QED) is 0.811. The molecule has 1 aromatic carbocycles. The number of piperidine rings is 1. The van der Waals surface area contributed by atoms with Crippen molar-refractivity contribution >= 4 is 0 Å². The number of nitroso groups, excluding NO2 is 1. The number of hydrogen-bond donors (Lipinski definition) is 2. The summed E-state index contributed by atoms with van der Waals surface area (Å²) in [5.74, 6) is 1.36. The first kappa shape index (κ1) is 15.4. The fourth-order valence-electron chi connectivity index (χ4n) is 6.56. The summed E-state index contributed by atoms with van der Waals surface area (Å²) in [6.07, 6.45) is 4.78. The van der Waals surface area contributed by atoms with Gasteiger partial charge in [-0.25, -0.2) is 0 Å². The molecule has 138 valence electrons. The molecule has 2 bridgehead atoms. The highest BCUT2D eigenvalue weighted by Gasteiger charge is 2.73. The zero-order chi connectivity index (χ0) is 17.7. The molecule has 26 heavy (non-hydrogen) atoms. The topological polar surface area (TPSA) is 82.4 Å². The summed E-state index contributed by atoms with van der Waals surface area (Å²) in [6, 6.07) is 3.26. The van der Waals surface area contributed by atoms with Crippen LogP contribution in [0.5, 0.6) is 11.5 Å². The minimum Gasteiger partial charge on any atom is -0.504 e. The summed E-state index contributed by atoms with van der Waals surface area (Å²) < 4.78 is 6.18. The van der Waals surface area contributed by atoms with E-state index < -0.39 is 23.2 Å². The van der Waals surface area contributed by atoms with Crippen molar-refractivity contribution in [2.45, 2.75) is 67.7 Å². The van der Waals surface area contributed by atoms with Crippen molar-refractivity contribution in [2.75, 3.05) is 13.1 Å². The predicted molar refractivity (Wildman–Crippen MR) is 94.4 cm³/mol. The van der Waals surface area contributed by atoms with Crippen LogP contribution >= 0.6 is 0 Å². The predicted octanol–water partition coefficient (Wildman–Crippen LogP) is 2.09. The SMILES string of the molecule is O=NC1CC[C@@]2(O)[C@H]3Cc4ccc(O)c5c4[C@@]2(CCN3CC2CC2)C1O5. The molecule has 2 N–H and O–H groups in total. The molecule has 2 unspecified atom stereocenters. The fraction of sp³-hybridized carbons (Fsp3) is 0.700. The molecule has 1 saturated heterocycles. The van der Waals surface area contributed by atoms with Gasteiger partial charge in [0.05, 0.1) is 11.0 Å². The minimum atomic E-state index is -0.919. The van der Waals surface area contributed by atoms with Crippen molar-refractivity contribution in [3.63, 3.8) is 0 Å². The lowest BCUT2D eigenvalue weighted by Crippen LogP contribution is -2.77. The van der Waals surface area contributed by atoms with E-state index in [-0.39, 0.29) is 11.8 Å². The third kappa shape index (κ3) is 1.62. The Bertz CT molecular complexity index is 809. The highest BCUT2D eigenvalue weighted by molar-refractivity contribution is 5.62. The van der Waals surface area contributed by atoms with Crippen LogP contribution in [0.4, 0.5) is 0 Å². The standard InChI is InChI=1S/C20H24N2O4/c23-14-4-3-12-9-15-20(24)6-5-13(21-25)18-19(20,16(12)17(14)26-18)7-8-22(15)10-11-1-2-11/h3-4,11,13,15,18,23-24H,1-2,5-10H2/t13?,15-,18?,19+,20-/m1/s1. The molecule has 6 rings (SSSR count). The third-order valence-corrected chi connectivity index (χ3v) is 7.87. The molecule has 3 fully saturated rings. The highest BCUT2D eigenvalue weighted by Crippen LogP contribution is 2.65. The van der Waals surface area contributed by atoms with Crippen molar-refractivity contribution < 1.29 is 14.9 Å². The van der Waals surface area contributed by atoms with Gasteiger partial charge in [-0.15, -0.1) is 0 Å². The zero-order valence-corrected chi connectivity index (χ0v) is 14.7. The summed E-state index contributed by atoms with van der Waals surface area (Å²) in [5.41, 5.74) is 0.580. The first-order valence-electron chi connectivity index (χ1n) is 9.89. The van der Waals surface area contributed by atoms with E-state index in [4.69, 9.17) is 4.74 Å². The second-order valence-electron chi connectivity index (χ2n) is 9.00. The molecule has 1 spiro atoms. The largest absolute Gasteiger partial charge is 0.504 e. The number of likely N-dealkylation sites (tertiary alicyclic amines) is 1. The summed E-state index contributed by atoms with van der Waals surface area (Å²) in [7, 11) is 0. The van der Waals surface area contributed by atoms with E-state index in [1.165, 1.54) is 12.8 Å². The Morgan fingerprint density at radius 1 is 1.27 bits per heavy atom. The van der Waals surface area contributed by atoms with Crippen LogP contribution in [0.25, 0.3) is 0 Å². The Kier molecular flexibility index (Phi) is 2.83. The smallest absolute Gasteiger partial charge is 0.165 e. The maximum absolute atomic E-state index is 12.1. The molecule has 3 aliphatic carbocycles. The van der Waals surface area contributed by atoms with Gasteiger partial charge >= 0.3 is 0 Å². The maximum Gasteiger partial charge on any atom is 0.165 e. The van der Waals surface area contributed by atoms with E-state index >= 15 is 0 Å². The fourth-order valence-corrected chi connectivity index (χ4v) is 6.56. The average Bonchev–Trinajstić information content (AvgIpc) is 3.37. The van der Waals surface area contributed by atoms with E-state index in [0.29, 0.717) is 18.6 Å². The third-order valence-electron chi connectivity index (χ3n) is 7.87. The van der Waals surface area contributed by atoms with E-state index in [9.17, 15) is 15.1 Å². The summed E-state index contributed by atoms with van der Waals surface area (Å²) in [4.78, 5) is 14.0. The summed E-state index contributed by atoms with van der Waals surface area (Å²) >= 11 is 0. The minimum absolute atomic E-state index is 0.0542. The second-order valence-corrected chi connectivity index (χ2v) is 9.00. The normalized spacial score (nSPS) is 42.9. The van der Waals surface area contributed by atoms with E-state index in [0.717, 1.165) is 43.0 Å². The molecular formula is C20H24N2O4. The number of benzene rings is 1. The lowest BCUT2D eigenvalue weighted by Gasteiger charge is -2.63. The number of aromatic hydroxyl groups is 1. The Morgan fingerprint density at radius 2 is 2.12 bits per heavy atom. The van der Waals surface area contributed by atoms with Crippen LogP contribution < -0.4 is 4.74 Å². The Morgan fingerprint density at radius 3 is 2.88 bits per heavy atom. The molecule has 0 amide bonds. The highest BCUT2D eigenvalue weighted by atomic mass is 16.5. The van der Waals surface area contributed by atoms with Crippen molar-refractivity contribution in [1.29, 1.82) is 0 Å². The van der Waals surface area contributed by atoms with Crippen LogP contribution in [0.1, 0.15) is 43.2 Å². The van der Waals surface area contributed by atoms with Crippen molar-refractivity contribution in [3.8, 4) is 11.5 Å². The molecule has 2 heterocycles. The van der Waals surface area contributed by atoms with Crippen LogP contribution in [0.3, 0.4) is 0 Å². The number of phenolic OH excluding ortho intramolecular Hbond substituents is 1. The Balaban J connectivity index is 1.56. The van der Waals surface area contributed by atoms with Crippen molar-refractivity contribution in [1.82, 2.24) is 4.90 Å². The Labute approximate surface area is 152 Å². The van der Waals surface area contributed by atoms with Gasteiger partial charge in [0.15, 0.2) is 11.5 Å². The van der Waals surface area contributed by atoms with Gasteiger partial charge in [-0.2, -0.15) is 4.91 Å². The molecule has 1 aromatic rings. The molecule has 6 heteroatoms. The zero-order valence-electron chi connectivity index (χ0n) is 14.7. The number of rotatable bonds is 3. The van der Waals surface area contributed by atoms with Gasteiger partial charge in [-0.1, -0.05) is 11.2 Å². The van der Waals surface area contributed by atoms with Gasteiger partial charge in [0.2, 0.25) is 0 Å². The molecule has 2 saturated carbocycles. The molecule has 5 aliphatic rings. The summed E-state index contributed by atoms with van der Waals surface area (Å²) in [5, 5.41) is 25.8. The van der Waals surface area contributed by atoms with Gasteiger partial charge in [0.1, 0.15) is 12.1 Å². The van der Waals surface area contributed by atoms with E-state index in [1.54, 1.807) is 6.07 Å². The first-order valence-corrected chi connectivity index (χ1v) is 9.89. The molecule has 6 nitrogen and oxygen atoms in total. The Hall–Kier alpha value is -1.66. The molecule has 5 atom stereocenters. The second kappa shape index (κ2) is 4.78. The average molecular weight is 356 g/mol. The molecule has 2 aliphatic heterocycles. The van der Waals surface area contributed by atoms with E-state index in [2.05, 4.69) is 10.1 Å². The van der Waals surface area contributed by atoms with Crippen molar-refractivity contribution in [3.05, 3.63) is 28.2 Å². The number of hydrogen-bond acceptors (Lipinski definition) is 6. The molecular weight excluding hydrogens is 332 g/mol. The van der Waals surface area contributed by atoms with Gasteiger partial charge < -0.3 is 14.9 Å². The van der Waals surface area contributed by atoms with Crippen LogP contribution in [-0.2, 0) is 11.8 Å². The van der Waals surface area contributed by atoms with Crippen LogP contribution in [0.2, 0.25) is 0 Å². The lowest BCUT2D eigenvalue weighted by molar-refractivity contribution is -0.189. The monoisotopic (exact) mass is 356 g/mol. The van der Waals surface area contributed by atoms with Crippen LogP contribution in [0.15, 0.2) is 17.3 Å². The van der Waals surface area contributed by atoms with Crippen LogP contribution in [0, 0.1) is 10.8 Å². The lowest BCUT2D eigenvalue weighted by atomic mass is 9.48. The van der Waals surface area contributed by atoms with E-state index in [1.807, 2.05) is 6.07 Å². The molecule has 0 radical (unpaired) electrons. The number of aliphatic hydroxyl groups is 1.